The van der Waals surface area contributed by atoms with E-state index in [9.17, 15) is 14.4 Å². The number of rotatable bonds is 5. The molecule has 0 aliphatic carbocycles. The molecule has 2 rings (SSSR count). The van der Waals surface area contributed by atoms with Crippen molar-refractivity contribution in [2.75, 3.05) is 6.61 Å². The lowest BCUT2D eigenvalue weighted by atomic mass is 10.1. The minimum atomic E-state index is -1.01. The number of esters is 3. The Morgan fingerprint density at radius 1 is 1.23 bits per heavy atom. The molecule has 140 valence electrons. The molecular weight excluding hydrogens is 461 g/mol. The van der Waals surface area contributed by atoms with E-state index in [1.807, 2.05) is 28.7 Å². The van der Waals surface area contributed by atoms with E-state index in [1.54, 1.807) is 0 Å². The van der Waals surface area contributed by atoms with Crippen LogP contribution in [-0.4, -0.2) is 52.4 Å². The fraction of sp³-hybridized carbons (Fsp3) is 0.533. The average Bonchev–Trinajstić information content (AvgIpc) is 3.06. The highest BCUT2D eigenvalue weighted by Gasteiger charge is 2.51. The lowest BCUT2D eigenvalue weighted by Gasteiger charge is -2.23. The van der Waals surface area contributed by atoms with Crippen molar-refractivity contribution in [1.29, 1.82) is 5.26 Å². The minimum absolute atomic E-state index is 0.170. The number of nitriles is 1. The smallest absolute Gasteiger partial charge is 0.303 e. The Hall–Kier alpha value is -2.20. The first-order valence-electron chi connectivity index (χ1n) is 7.50. The first-order valence-corrected chi connectivity index (χ1v) is 8.58. The Kier molecular flexibility index (Phi) is 6.54. The summed E-state index contributed by atoms with van der Waals surface area (Å²) in [6, 6.07) is 1.93. The molecule has 1 aliphatic heterocycles. The van der Waals surface area contributed by atoms with Crippen molar-refractivity contribution in [3.8, 4) is 6.07 Å². The van der Waals surface area contributed by atoms with Gasteiger partial charge in [0.2, 0.25) is 0 Å². The number of carbonyl (C=O) groups excluding carboxylic acids is 3. The molecule has 1 saturated heterocycles. The Bertz CT molecular complexity index is 757. The van der Waals surface area contributed by atoms with Crippen LogP contribution in [-0.2, 0) is 33.3 Å². The van der Waals surface area contributed by atoms with Crippen LogP contribution in [0, 0.1) is 15.0 Å². The fourth-order valence-electron chi connectivity index (χ4n) is 2.52. The predicted octanol–water partition coefficient (Wildman–Crippen LogP) is 0.683. The van der Waals surface area contributed by atoms with Crippen molar-refractivity contribution in [2.45, 2.75) is 45.3 Å². The van der Waals surface area contributed by atoms with Gasteiger partial charge in [-0.2, -0.15) is 5.26 Å². The van der Waals surface area contributed by atoms with Crippen LogP contribution in [0.15, 0.2) is 6.33 Å². The van der Waals surface area contributed by atoms with E-state index in [2.05, 4.69) is 4.98 Å². The maximum Gasteiger partial charge on any atom is 0.303 e. The Morgan fingerprint density at radius 3 is 2.35 bits per heavy atom. The van der Waals surface area contributed by atoms with Crippen LogP contribution in [0.3, 0.4) is 0 Å². The summed E-state index contributed by atoms with van der Waals surface area (Å²) >= 11 is 1.91. The lowest BCUT2D eigenvalue weighted by molar-refractivity contribution is -0.166. The molecule has 1 fully saturated rings. The largest absolute Gasteiger partial charge is 0.463 e. The minimum Gasteiger partial charge on any atom is -0.463 e. The molecular formula is C15H16IN3O7. The standard InChI is InChI=1S/C15H16IN3O7/c1-7(20)23-5-11-12(24-8(2)21)13(25-9(3)22)15(26-11)19-6-18-10(4-17)14(19)16/h6,11-13,15H,5H2,1-3H3/t11-,12-,13+,15+/m0/s1. The van der Waals surface area contributed by atoms with Gasteiger partial charge >= 0.3 is 17.9 Å². The first kappa shape index (κ1) is 20.1. The van der Waals surface area contributed by atoms with Crippen LogP contribution >= 0.6 is 22.6 Å². The van der Waals surface area contributed by atoms with Crippen LogP contribution in [0.1, 0.15) is 32.7 Å². The third-order valence-electron chi connectivity index (χ3n) is 3.45. The second-order valence-corrected chi connectivity index (χ2v) is 6.44. The van der Waals surface area contributed by atoms with Crippen molar-refractivity contribution in [2.24, 2.45) is 0 Å². The van der Waals surface area contributed by atoms with Crippen LogP contribution < -0.4 is 0 Å². The molecule has 0 N–H and O–H groups in total. The zero-order chi connectivity index (χ0) is 19.4. The van der Waals surface area contributed by atoms with E-state index < -0.39 is 42.4 Å². The van der Waals surface area contributed by atoms with Crippen molar-refractivity contribution in [1.82, 2.24) is 9.55 Å². The Balaban J connectivity index is 2.39. The molecule has 1 aliphatic rings. The van der Waals surface area contributed by atoms with Crippen LogP contribution in [0.5, 0.6) is 0 Å². The van der Waals surface area contributed by atoms with E-state index in [4.69, 9.17) is 24.2 Å². The van der Waals surface area contributed by atoms with E-state index >= 15 is 0 Å². The Morgan fingerprint density at radius 2 is 1.85 bits per heavy atom. The summed E-state index contributed by atoms with van der Waals surface area (Å²) < 4.78 is 23.3. The number of ether oxygens (including phenoxy) is 4. The van der Waals surface area contributed by atoms with Crippen LogP contribution in [0.2, 0.25) is 0 Å². The molecule has 2 heterocycles. The van der Waals surface area contributed by atoms with Gasteiger partial charge in [-0.3, -0.25) is 19.0 Å². The average molecular weight is 477 g/mol. The maximum absolute atomic E-state index is 11.5. The normalized spacial score (nSPS) is 24.6. The van der Waals surface area contributed by atoms with Gasteiger partial charge < -0.3 is 18.9 Å². The van der Waals surface area contributed by atoms with Gasteiger partial charge in [0.25, 0.3) is 0 Å². The molecule has 0 bridgehead atoms. The third kappa shape index (κ3) is 4.50. The molecule has 0 amide bonds. The molecule has 0 aromatic carbocycles. The topological polar surface area (TPSA) is 130 Å². The number of carbonyl (C=O) groups is 3. The van der Waals surface area contributed by atoms with Gasteiger partial charge in [0.15, 0.2) is 24.1 Å². The number of halogens is 1. The molecule has 10 nitrogen and oxygen atoms in total. The van der Waals surface area contributed by atoms with E-state index in [1.165, 1.54) is 31.7 Å². The zero-order valence-corrected chi connectivity index (χ0v) is 16.3. The monoisotopic (exact) mass is 477 g/mol. The molecule has 0 saturated carbocycles. The molecule has 11 heteroatoms. The van der Waals surface area contributed by atoms with Crippen molar-refractivity contribution < 1.29 is 33.3 Å². The van der Waals surface area contributed by atoms with Gasteiger partial charge in [0.1, 0.15) is 22.5 Å². The van der Waals surface area contributed by atoms with E-state index in [-0.39, 0.29) is 12.3 Å². The van der Waals surface area contributed by atoms with Crippen molar-refractivity contribution in [3.63, 3.8) is 0 Å². The summed E-state index contributed by atoms with van der Waals surface area (Å²) in [4.78, 5) is 38.1. The summed E-state index contributed by atoms with van der Waals surface area (Å²) in [5.74, 6) is -1.75. The quantitative estimate of drug-likeness (QED) is 0.342. The number of aromatic nitrogens is 2. The second kappa shape index (κ2) is 8.45. The zero-order valence-electron chi connectivity index (χ0n) is 14.2. The summed E-state index contributed by atoms with van der Waals surface area (Å²) in [5, 5.41) is 9.07. The van der Waals surface area contributed by atoms with Gasteiger partial charge in [0.05, 0.1) is 6.33 Å². The van der Waals surface area contributed by atoms with Gasteiger partial charge in [-0.15, -0.1) is 0 Å². The highest BCUT2D eigenvalue weighted by Crippen LogP contribution is 2.35. The molecule has 0 spiro atoms. The second-order valence-electron chi connectivity index (χ2n) is 5.42. The molecule has 4 atom stereocenters. The predicted molar refractivity (Wildman–Crippen MR) is 91.3 cm³/mol. The van der Waals surface area contributed by atoms with Crippen molar-refractivity contribution >= 4 is 40.5 Å². The van der Waals surface area contributed by atoms with E-state index in [0.29, 0.717) is 3.70 Å². The van der Waals surface area contributed by atoms with Gasteiger partial charge in [-0.1, -0.05) is 0 Å². The summed E-state index contributed by atoms with van der Waals surface area (Å²) in [6.07, 6.45) is -2.41. The fourth-order valence-corrected chi connectivity index (χ4v) is 3.17. The molecule has 1 aromatic rings. The van der Waals surface area contributed by atoms with E-state index in [0.717, 1.165) is 0 Å². The summed E-state index contributed by atoms with van der Waals surface area (Å²) in [6.45, 7) is 3.45. The molecule has 1 aromatic heterocycles. The summed E-state index contributed by atoms with van der Waals surface area (Å²) in [5.41, 5.74) is 0.170. The van der Waals surface area contributed by atoms with Crippen molar-refractivity contribution in [3.05, 3.63) is 15.7 Å². The number of hydrogen-bond acceptors (Lipinski definition) is 9. The Labute approximate surface area is 162 Å². The van der Waals surface area contributed by atoms with Crippen LogP contribution in [0.25, 0.3) is 0 Å². The van der Waals surface area contributed by atoms with Gasteiger partial charge in [0, 0.05) is 20.8 Å². The highest BCUT2D eigenvalue weighted by molar-refractivity contribution is 14.1. The molecule has 0 unspecified atom stereocenters. The number of hydrogen-bond donors (Lipinski definition) is 0. The number of imidazole rings is 1. The van der Waals surface area contributed by atoms with Crippen LogP contribution in [0.4, 0.5) is 0 Å². The summed E-state index contributed by atoms with van der Waals surface area (Å²) in [7, 11) is 0. The first-order chi connectivity index (χ1) is 12.2. The lowest BCUT2D eigenvalue weighted by Crippen LogP contribution is -2.40. The maximum atomic E-state index is 11.5. The third-order valence-corrected chi connectivity index (χ3v) is 4.52. The van der Waals surface area contributed by atoms with Gasteiger partial charge in [-0.05, 0) is 22.6 Å². The molecule has 26 heavy (non-hydrogen) atoms. The SMILES string of the molecule is CC(=O)OC[C@@H]1O[C@@H](n2cnc(C#N)c2I)[C@H](OC(C)=O)[C@H]1OC(C)=O. The molecule has 0 radical (unpaired) electrons. The highest BCUT2D eigenvalue weighted by atomic mass is 127. The van der Waals surface area contributed by atoms with Gasteiger partial charge in [-0.25, -0.2) is 4.98 Å². The number of nitrogens with zero attached hydrogens (tertiary/aromatic N) is 3.